The van der Waals surface area contributed by atoms with E-state index < -0.39 is 18.0 Å². The average Bonchev–Trinajstić information content (AvgIpc) is 3.04. The SMILES string of the molecule is CC(c1ccc(OC(F)F)cc1)N1C[C@@H]2CCC[C@@]2(C(=O)O)C1. The van der Waals surface area contributed by atoms with Gasteiger partial charge in [0.1, 0.15) is 5.75 Å². The molecule has 0 aromatic heterocycles. The molecule has 3 atom stereocenters. The van der Waals surface area contributed by atoms with Crippen LogP contribution in [0.15, 0.2) is 24.3 Å². The highest BCUT2D eigenvalue weighted by Crippen LogP contribution is 2.50. The Bertz CT molecular complexity index is 578. The van der Waals surface area contributed by atoms with Crippen LogP contribution in [0.4, 0.5) is 8.78 Å². The number of aliphatic carboxylic acids is 1. The fraction of sp³-hybridized carbons (Fsp3) is 0.588. The van der Waals surface area contributed by atoms with E-state index in [9.17, 15) is 18.7 Å². The summed E-state index contributed by atoms with van der Waals surface area (Å²) in [4.78, 5) is 13.9. The fourth-order valence-electron chi connectivity index (χ4n) is 4.11. The molecule has 1 N–H and O–H groups in total. The van der Waals surface area contributed by atoms with Gasteiger partial charge in [-0.25, -0.2) is 0 Å². The molecule has 1 unspecified atom stereocenters. The molecule has 126 valence electrons. The zero-order valence-corrected chi connectivity index (χ0v) is 13.0. The van der Waals surface area contributed by atoms with E-state index in [1.54, 1.807) is 12.1 Å². The molecule has 1 saturated heterocycles. The Hall–Kier alpha value is -1.69. The highest BCUT2D eigenvalue weighted by molar-refractivity contribution is 5.76. The maximum Gasteiger partial charge on any atom is 0.387 e. The van der Waals surface area contributed by atoms with Crippen molar-refractivity contribution in [3.8, 4) is 5.75 Å². The highest BCUT2D eigenvalue weighted by Gasteiger charge is 2.55. The van der Waals surface area contributed by atoms with Crippen LogP contribution >= 0.6 is 0 Å². The van der Waals surface area contributed by atoms with Gasteiger partial charge in [-0.2, -0.15) is 8.78 Å². The molecule has 1 aromatic rings. The minimum atomic E-state index is -2.83. The third-order valence-corrected chi connectivity index (χ3v) is 5.46. The molecular formula is C17H21F2NO3. The quantitative estimate of drug-likeness (QED) is 0.900. The molecule has 1 saturated carbocycles. The number of alkyl halides is 2. The lowest BCUT2D eigenvalue weighted by Gasteiger charge is -2.27. The van der Waals surface area contributed by atoms with Gasteiger partial charge in [0.2, 0.25) is 0 Å². The van der Waals surface area contributed by atoms with Gasteiger partial charge in [0.05, 0.1) is 5.41 Å². The van der Waals surface area contributed by atoms with E-state index in [1.807, 2.05) is 6.92 Å². The first-order valence-corrected chi connectivity index (χ1v) is 7.94. The number of benzene rings is 1. The number of carboxylic acid groups (broad SMARTS) is 1. The fourth-order valence-corrected chi connectivity index (χ4v) is 4.11. The normalized spacial score (nSPS) is 28.8. The number of likely N-dealkylation sites (tertiary alicyclic amines) is 1. The third kappa shape index (κ3) is 2.92. The standard InChI is InChI=1S/C17H21F2NO3/c1-11(12-4-6-14(7-5-12)23-16(18)19)20-9-13-3-2-8-17(13,10-20)15(21)22/h4-7,11,13,16H,2-3,8-10H2,1H3,(H,21,22)/t11?,13-,17+/m0/s1. The van der Waals surface area contributed by atoms with E-state index in [0.29, 0.717) is 6.54 Å². The Morgan fingerprint density at radius 3 is 2.65 bits per heavy atom. The van der Waals surface area contributed by atoms with E-state index in [0.717, 1.165) is 31.4 Å². The molecule has 0 radical (unpaired) electrons. The first kappa shape index (κ1) is 16.2. The van der Waals surface area contributed by atoms with Crippen molar-refractivity contribution < 1.29 is 23.4 Å². The van der Waals surface area contributed by atoms with Gasteiger partial charge in [-0.15, -0.1) is 0 Å². The maximum atomic E-state index is 12.2. The predicted octanol–water partition coefficient (Wildman–Crippen LogP) is 3.54. The summed E-state index contributed by atoms with van der Waals surface area (Å²) in [5.74, 6) is -0.337. The molecule has 4 nitrogen and oxygen atoms in total. The summed E-state index contributed by atoms with van der Waals surface area (Å²) in [7, 11) is 0. The summed E-state index contributed by atoms with van der Waals surface area (Å²) in [5.41, 5.74) is 0.375. The van der Waals surface area contributed by atoms with Gasteiger partial charge in [-0.1, -0.05) is 18.6 Å². The molecule has 23 heavy (non-hydrogen) atoms. The Morgan fingerprint density at radius 2 is 2.09 bits per heavy atom. The average molecular weight is 325 g/mol. The van der Waals surface area contributed by atoms with Gasteiger partial charge in [-0.05, 0) is 43.4 Å². The van der Waals surface area contributed by atoms with Crippen molar-refractivity contribution in [2.75, 3.05) is 13.1 Å². The van der Waals surface area contributed by atoms with Gasteiger partial charge in [0, 0.05) is 19.1 Å². The lowest BCUT2D eigenvalue weighted by molar-refractivity contribution is -0.149. The minimum Gasteiger partial charge on any atom is -0.481 e. The third-order valence-electron chi connectivity index (χ3n) is 5.46. The molecule has 2 aliphatic rings. The number of hydrogen-bond donors (Lipinski definition) is 1. The molecule has 0 bridgehead atoms. The number of fused-ring (bicyclic) bond motifs is 1. The van der Waals surface area contributed by atoms with Crippen molar-refractivity contribution in [2.24, 2.45) is 11.3 Å². The number of ether oxygens (including phenoxy) is 1. The number of halogens is 2. The molecular weight excluding hydrogens is 304 g/mol. The van der Waals surface area contributed by atoms with E-state index in [-0.39, 0.29) is 17.7 Å². The second kappa shape index (κ2) is 6.07. The number of rotatable bonds is 5. The lowest BCUT2D eigenvalue weighted by Crippen LogP contribution is -2.36. The van der Waals surface area contributed by atoms with E-state index in [1.165, 1.54) is 12.1 Å². The van der Waals surface area contributed by atoms with E-state index in [2.05, 4.69) is 9.64 Å². The first-order chi connectivity index (χ1) is 10.9. The Balaban J connectivity index is 1.72. The van der Waals surface area contributed by atoms with Crippen LogP contribution in [0.1, 0.15) is 37.8 Å². The van der Waals surface area contributed by atoms with Gasteiger partial charge >= 0.3 is 12.6 Å². The zero-order chi connectivity index (χ0) is 16.6. The Morgan fingerprint density at radius 1 is 1.39 bits per heavy atom. The predicted molar refractivity (Wildman–Crippen MR) is 80.5 cm³/mol. The van der Waals surface area contributed by atoms with Gasteiger partial charge in [-0.3, -0.25) is 9.69 Å². The first-order valence-electron chi connectivity index (χ1n) is 7.94. The molecule has 2 fully saturated rings. The summed E-state index contributed by atoms with van der Waals surface area (Å²) in [6, 6.07) is 6.65. The van der Waals surface area contributed by atoms with E-state index >= 15 is 0 Å². The van der Waals surface area contributed by atoms with Crippen LogP contribution in [0.25, 0.3) is 0 Å². The summed E-state index contributed by atoms with van der Waals surface area (Å²) in [6.45, 7) is 0.540. The van der Waals surface area contributed by atoms with Crippen molar-refractivity contribution >= 4 is 5.97 Å². The molecule has 1 aromatic carbocycles. The van der Waals surface area contributed by atoms with Gasteiger partial charge < -0.3 is 9.84 Å². The number of hydrogen-bond acceptors (Lipinski definition) is 3. The highest BCUT2D eigenvalue weighted by atomic mass is 19.3. The molecule has 3 rings (SSSR count). The van der Waals surface area contributed by atoms with Crippen LogP contribution in [0.2, 0.25) is 0 Å². The lowest BCUT2D eigenvalue weighted by atomic mass is 9.81. The number of nitrogens with zero attached hydrogens (tertiary/aromatic N) is 1. The van der Waals surface area contributed by atoms with Crippen LogP contribution in [0, 0.1) is 11.3 Å². The summed E-state index contributed by atoms with van der Waals surface area (Å²) in [6.07, 6.45) is 2.70. The topological polar surface area (TPSA) is 49.8 Å². The largest absolute Gasteiger partial charge is 0.481 e. The Kier molecular flexibility index (Phi) is 4.27. The summed E-state index contributed by atoms with van der Waals surface area (Å²) < 4.78 is 28.7. The van der Waals surface area contributed by atoms with Gasteiger partial charge in [0.25, 0.3) is 0 Å². The van der Waals surface area contributed by atoms with Gasteiger partial charge in [0.15, 0.2) is 0 Å². The second-order valence-electron chi connectivity index (χ2n) is 6.60. The summed E-state index contributed by atoms with van der Waals surface area (Å²) >= 11 is 0. The van der Waals surface area contributed by atoms with Crippen LogP contribution in [-0.2, 0) is 4.79 Å². The van der Waals surface area contributed by atoms with Crippen molar-refractivity contribution in [3.63, 3.8) is 0 Å². The van der Waals surface area contributed by atoms with Crippen molar-refractivity contribution in [1.29, 1.82) is 0 Å². The zero-order valence-electron chi connectivity index (χ0n) is 13.0. The molecule has 1 aliphatic heterocycles. The molecule has 1 aliphatic carbocycles. The minimum absolute atomic E-state index is 0.0532. The van der Waals surface area contributed by atoms with Crippen molar-refractivity contribution in [2.45, 2.75) is 38.8 Å². The smallest absolute Gasteiger partial charge is 0.387 e. The van der Waals surface area contributed by atoms with Crippen LogP contribution in [0.3, 0.4) is 0 Å². The van der Waals surface area contributed by atoms with Crippen LogP contribution < -0.4 is 4.74 Å². The number of carbonyl (C=O) groups is 1. The van der Waals surface area contributed by atoms with Crippen LogP contribution in [0.5, 0.6) is 5.75 Å². The maximum absolute atomic E-state index is 12.2. The molecule has 0 amide bonds. The molecule has 0 spiro atoms. The van der Waals surface area contributed by atoms with E-state index in [4.69, 9.17) is 0 Å². The van der Waals surface area contributed by atoms with Crippen molar-refractivity contribution in [3.05, 3.63) is 29.8 Å². The molecule has 1 heterocycles. The van der Waals surface area contributed by atoms with Crippen LogP contribution in [-0.4, -0.2) is 35.7 Å². The summed E-state index contributed by atoms with van der Waals surface area (Å²) in [5, 5.41) is 9.65. The number of carboxylic acids is 1. The second-order valence-corrected chi connectivity index (χ2v) is 6.60. The Labute approximate surface area is 134 Å². The molecule has 6 heteroatoms. The van der Waals surface area contributed by atoms with Crippen molar-refractivity contribution in [1.82, 2.24) is 4.90 Å². The monoisotopic (exact) mass is 325 g/mol.